The lowest BCUT2D eigenvalue weighted by Gasteiger charge is -2.11. The summed E-state index contributed by atoms with van der Waals surface area (Å²) < 4.78 is 24.4. The Hall–Kier alpha value is -2.82. The van der Waals surface area contributed by atoms with E-state index in [9.17, 15) is 9.50 Å². The van der Waals surface area contributed by atoms with Crippen LogP contribution in [0.3, 0.4) is 0 Å². The summed E-state index contributed by atoms with van der Waals surface area (Å²) in [6, 6.07) is 11.0. The van der Waals surface area contributed by atoms with E-state index in [2.05, 4.69) is 5.16 Å². The van der Waals surface area contributed by atoms with Crippen LogP contribution in [-0.2, 0) is 0 Å². The van der Waals surface area contributed by atoms with Gasteiger partial charge in [-0.2, -0.15) is 0 Å². The molecule has 2 aromatic carbocycles. The van der Waals surface area contributed by atoms with Crippen molar-refractivity contribution in [2.75, 3.05) is 7.11 Å². The van der Waals surface area contributed by atoms with Gasteiger partial charge in [0.25, 0.3) is 0 Å². The van der Waals surface area contributed by atoms with Gasteiger partial charge in [-0.25, -0.2) is 4.39 Å². The van der Waals surface area contributed by atoms with E-state index in [1.54, 1.807) is 30.3 Å². The summed E-state index contributed by atoms with van der Waals surface area (Å²) >= 11 is 0. The van der Waals surface area contributed by atoms with Gasteiger partial charge in [0.15, 0.2) is 5.76 Å². The molecule has 1 aromatic heterocycles. The normalized spacial score (nSPS) is 10.6. The number of nitrogens with zero attached hydrogens (tertiary/aromatic N) is 1. The van der Waals surface area contributed by atoms with Crippen LogP contribution in [0.2, 0.25) is 0 Å². The van der Waals surface area contributed by atoms with Crippen molar-refractivity contribution in [3.63, 3.8) is 0 Å². The maximum absolute atomic E-state index is 14.1. The summed E-state index contributed by atoms with van der Waals surface area (Å²) in [6.45, 7) is 0. The van der Waals surface area contributed by atoms with Gasteiger partial charge in [0.05, 0.1) is 24.4 Å². The number of aromatic nitrogens is 1. The van der Waals surface area contributed by atoms with Crippen molar-refractivity contribution < 1.29 is 18.8 Å². The van der Waals surface area contributed by atoms with E-state index in [-0.39, 0.29) is 5.75 Å². The molecule has 5 heteroatoms. The molecule has 106 valence electrons. The summed E-state index contributed by atoms with van der Waals surface area (Å²) in [5, 5.41) is 13.5. The Balaban J connectivity index is 2.19. The van der Waals surface area contributed by atoms with E-state index < -0.39 is 5.82 Å². The lowest BCUT2D eigenvalue weighted by molar-refractivity contribution is 0.413. The zero-order valence-electron chi connectivity index (χ0n) is 11.2. The Morgan fingerprint density at radius 2 is 2.05 bits per heavy atom. The second-order valence-electron chi connectivity index (χ2n) is 4.43. The molecule has 0 atom stereocenters. The molecule has 0 unspecified atom stereocenters. The zero-order chi connectivity index (χ0) is 14.8. The first-order valence-corrected chi connectivity index (χ1v) is 6.27. The van der Waals surface area contributed by atoms with Crippen LogP contribution in [-0.4, -0.2) is 17.4 Å². The topological polar surface area (TPSA) is 55.5 Å². The summed E-state index contributed by atoms with van der Waals surface area (Å²) in [4.78, 5) is 0. The molecule has 21 heavy (non-hydrogen) atoms. The SMILES string of the molecule is COc1cccc(F)c1-c1ccc(O)c(-c2ccno2)c1. The molecule has 0 radical (unpaired) electrons. The number of phenols is 1. The Bertz CT molecular complexity index is 769. The van der Waals surface area contributed by atoms with E-state index >= 15 is 0 Å². The highest BCUT2D eigenvalue weighted by atomic mass is 19.1. The van der Waals surface area contributed by atoms with Crippen molar-refractivity contribution in [1.82, 2.24) is 5.16 Å². The van der Waals surface area contributed by atoms with Crippen LogP contribution in [0.25, 0.3) is 22.5 Å². The highest BCUT2D eigenvalue weighted by molar-refractivity contribution is 5.78. The maximum Gasteiger partial charge on any atom is 0.170 e. The van der Waals surface area contributed by atoms with Crippen LogP contribution in [0.1, 0.15) is 0 Å². The van der Waals surface area contributed by atoms with Gasteiger partial charge in [-0.15, -0.1) is 0 Å². The number of benzene rings is 2. The molecular weight excluding hydrogens is 273 g/mol. The van der Waals surface area contributed by atoms with E-state index in [1.807, 2.05) is 0 Å². The summed E-state index contributed by atoms with van der Waals surface area (Å²) in [5.41, 5.74) is 1.35. The Morgan fingerprint density at radius 1 is 1.19 bits per heavy atom. The van der Waals surface area contributed by atoms with Crippen LogP contribution in [0.4, 0.5) is 4.39 Å². The number of phenolic OH excluding ortho intramolecular Hbond substituents is 1. The summed E-state index contributed by atoms with van der Waals surface area (Å²) in [6.07, 6.45) is 1.48. The molecule has 0 saturated heterocycles. The van der Waals surface area contributed by atoms with Gasteiger partial charge >= 0.3 is 0 Å². The van der Waals surface area contributed by atoms with E-state index in [0.29, 0.717) is 28.2 Å². The highest BCUT2D eigenvalue weighted by Gasteiger charge is 2.15. The summed E-state index contributed by atoms with van der Waals surface area (Å²) in [5.74, 6) is 0.461. The van der Waals surface area contributed by atoms with Crippen molar-refractivity contribution in [2.24, 2.45) is 0 Å². The minimum absolute atomic E-state index is 0.0332. The van der Waals surface area contributed by atoms with Crippen molar-refractivity contribution in [3.05, 3.63) is 54.5 Å². The van der Waals surface area contributed by atoms with Crippen molar-refractivity contribution >= 4 is 0 Å². The number of ether oxygens (including phenoxy) is 1. The molecule has 1 N–H and O–H groups in total. The molecule has 0 amide bonds. The van der Waals surface area contributed by atoms with Crippen LogP contribution in [0.5, 0.6) is 11.5 Å². The second kappa shape index (κ2) is 5.28. The Morgan fingerprint density at radius 3 is 2.76 bits per heavy atom. The minimum Gasteiger partial charge on any atom is -0.507 e. The molecule has 0 aliphatic carbocycles. The molecule has 0 saturated carbocycles. The predicted molar refractivity (Wildman–Crippen MR) is 75.5 cm³/mol. The van der Waals surface area contributed by atoms with Gasteiger partial charge < -0.3 is 14.4 Å². The molecule has 4 nitrogen and oxygen atoms in total. The number of rotatable bonds is 3. The fourth-order valence-corrected chi connectivity index (χ4v) is 2.20. The van der Waals surface area contributed by atoms with Crippen LogP contribution >= 0.6 is 0 Å². The second-order valence-corrected chi connectivity index (χ2v) is 4.43. The van der Waals surface area contributed by atoms with Gasteiger partial charge in [-0.3, -0.25) is 0 Å². The van der Waals surface area contributed by atoms with Crippen LogP contribution in [0, 0.1) is 5.82 Å². The quantitative estimate of drug-likeness (QED) is 0.793. The predicted octanol–water partition coefficient (Wildman–Crippen LogP) is 3.86. The molecular formula is C16H12FNO3. The van der Waals surface area contributed by atoms with Gasteiger partial charge in [-0.1, -0.05) is 17.3 Å². The van der Waals surface area contributed by atoms with E-state index in [4.69, 9.17) is 9.26 Å². The first-order valence-electron chi connectivity index (χ1n) is 6.27. The molecule has 3 aromatic rings. The molecule has 0 bridgehead atoms. The fraction of sp³-hybridized carbons (Fsp3) is 0.0625. The number of hydrogen-bond donors (Lipinski definition) is 1. The average molecular weight is 285 g/mol. The number of methoxy groups -OCH3 is 1. The third-order valence-corrected chi connectivity index (χ3v) is 3.18. The first-order chi connectivity index (χ1) is 10.2. The summed E-state index contributed by atoms with van der Waals surface area (Å²) in [7, 11) is 1.48. The average Bonchev–Trinajstić information content (AvgIpc) is 3.02. The molecule has 0 fully saturated rings. The standard InChI is InChI=1S/C16H12FNO3/c1-20-15-4-2-3-12(17)16(15)10-5-6-13(19)11(9-10)14-7-8-18-21-14/h2-9,19H,1H3. The van der Waals surface area contributed by atoms with Gasteiger partial charge in [0.2, 0.25) is 0 Å². The minimum atomic E-state index is -0.399. The van der Waals surface area contributed by atoms with E-state index in [0.717, 1.165) is 0 Å². The highest BCUT2D eigenvalue weighted by Crippen LogP contribution is 2.37. The monoisotopic (exact) mass is 285 g/mol. The first kappa shape index (κ1) is 13.2. The van der Waals surface area contributed by atoms with Gasteiger partial charge in [0.1, 0.15) is 17.3 Å². The Kier molecular flexibility index (Phi) is 3.31. The van der Waals surface area contributed by atoms with Crippen LogP contribution < -0.4 is 4.74 Å². The fourth-order valence-electron chi connectivity index (χ4n) is 2.20. The lowest BCUT2D eigenvalue weighted by atomic mass is 10.00. The molecule has 0 spiro atoms. The zero-order valence-corrected chi connectivity index (χ0v) is 11.2. The molecule has 0 aliphatic heterocycles. The largest absolute Gasteiger partial charge is 0.507 e. The van der Waals surface area contributed by atoms with Crippen molar-refractivity contribution in [3.8, 4) is 33.9 Å². The van der Waals surface area contributed by atoms with Crippen molar-refractivity contribution in [1.29, 1.82) is 0 Å². The third kappa shape index (κ3) is 2.33. The number of aromatic hydroxyl groups is 1. The number of halogens is 1. The van der Waals surface area contributed by atoms with Crippen molar-refractivity contribution in [2.45, 2.75) is 0 Å². The van der Waals surface area contributed by atoms with Gasteiger partial charge in [0, 0.05) is 6.07 Å². The smallest absolute Gasteiger partial charge is 0.170 e. The Labute approximate surface area is 120 Å². The van der Waals surface area contributed by atoms with Gasteiger partial charge in [-0.05, 0) is 29.8 Å². The molecule has 0 aliphatic rings. The maximum atomic E-state index is 14.1. The molecule has 3 rings (SSSR count). The lowest BCUT2D eigenvalue weighted by Crippen LogP contribution is -1.92. The molecule has 1 heterocycles. The third-order valence-electron chi connectivity index (χ3n) is 3.18. The van der Waals surface area contributed by atoms with Crippen LogP contribution in [0.15, 0.2) is 53.2 Å². The van der Waals surface area contributed by atoms with E-state index in [1.165, 1.54) is 25.4 Å². The number of hydrogen-bond acceptors (Lipinski definition) is 4.